The Kier molecular flexibility index (Phi) is 13.7. The molecule has 0 bridgehead atoms. The summed E-state index contributed by atoms with van der Waals surface area (Å²) in [4.78, 5) is 32.5. The van der Waals surface area contributed by atoms with E-state index in [-0.39, 0.29) is 12.4 Å². The second kappa shape index (κ2) is 18.2. The maximum absolute atomic E-state index is 11.6. The third-order valence-electron chi connectivity index (χ3n) is 8.51. The maximum atomic E-state index is 11.6. The van der Waals surface area contributed by atoms with Crippen molar-refractivity contribution in [2.45, 2.75) is 51.4 Å². The van der Waals surface area contributed by atoms with Crippen molar-refractivity contribution in [1.82, 2.24) is 14.8 Å². The van der Waals surface area contributed by atoms with Crippen LogP contribution < -0.4 is 9.64 Å². The fourth-order valence-corrected chi connectivity index (χ4v) is 5.99. The van der Waals surface area contributed by atoms with E-state index < -0.39 is 0 Å². The second-order valence-corrected chi connectivity index (χ2v) is 11.5. The topological polar surface area (TPSA) is 95.4 Å². The molecule has 3 heterocycles. The van der Waals surface area contributed by atoms with Crippen LogP contribution in [0.5, 0.6) is 5.75 Å². The van der Waals surface area contributed by atoms with Gasteiger partial charge in [0.15, 0.2) is 0 Å². The summed E-state index contributed by atoms with van der Waals surface area (Å²) < 4.78 is 10.8. The molecule has 0 saturated carbocycles. The van der Waals surface area contributed by atoms with Crippen molar-refractivity contribution < 1.29 is 24.2 Å². The van der Waals surface area contributed by atoms with E-state index in [9.17, 15) is 4.79 Å². The molecule has 9 nitrogen and oxygen atoms in total. The molecule has 1 aromatic heterocycles. The number of benzene rings is 2. The highest BCUT2D eigenvalue weighted by molar-refractivity contribution is 5.91. The molecule has 1 N–H and O–H groups in total. The number of aromatic nitrogens is 1. The van der Waals surface area contributed by atoms with E-state index in [1.165, 1.54) is 57.1 Å². The van der Waals surface area contributed by atoms with Gasteiger partial charge in [0.05, 0.1) is 31.3 Å². The van der Waals surface area contributed by atoms with Gasteiger partial charge in [-0.25, -0.2) is 0 Å². The van der Waals surface area contributed by atoms with Gasteiger partial charge < -0.3 is 24.4 Å². The van der Waals surface area contributed by atoms with E-state index in [1.807, 2.05) is 6.07 Å². The van der Waals surface area contributed by atoms with Crippen molar-refractivity contribution in [1.29, 1.82) is 0 Å². The van der Waals surface area contributed by atoms with Gasteiger partial charge in [-0.15, -0.1) is 0 Å². The number of carbonyl (C=O) groups is 2. The molecule has 0 unspecified atom stereocenters. The lowest BCUT2D eigenvalue weighted by Crippen LogP contribution is -2.47. The highest BCUT2D eigenvalue weighted by Gasteiger charge is 2.19. The first-order valence-corrected chi connectivity index (χ1v) is 16.0. The Balaban J connectivity index is 0.00000141. The van der Waals surface area contributed by atoms with Crippen molar-refractivity contribution in [3.05, 3.63) is 65.9 Å². The Hall–Kier alpha value is -3.69. The van der Waals surface area contributed by atoms with Gasteiger partial charge in [0, 0.05) is 56.8 Å². The van der Waals surface area contributed by atoms with E-state index in [2.05, 4.69) is 63.2 Å². The molecule has 0 amide bonds. The van der Waals surface area contributed by atoms with Crippen LogP contribution in [0.2, 0.25) is 0 Å². The summed E-state index contributed by atoms with van der Waals surface area (Å²) in [5.74, 6) is 0.782. The smallest absolute Gasteiger partial charge is 0.305 e. The van der Waals surface area contributed by atoms with E-state index in [4.69, 9.17) is 24.4 Å². The molecular weight excluding hydrogens is 556 g/mol. The zero-order valence-electron chi connectivity index (χ0n) is 26.2. The van der Waals surface area contributed by atoms with Gasteiger partial charge in [0.2, 0.25) is 0 Å². The minimum atomic E-state index is -0.250. The van der Waals surface area contributed by atoms with Crippen molar-refractivity contribution >= 4 is 29.0 Å². The molecule has 2 saturated heterocycles. The largest absolute Gasteiger partial charge is 0.494 e. The fraction of sp³-hybridized carbons (Fsp3) is 0.514. The monoisotopic (exact) mass is 604 g/mol. The zero-order chi connectivity index (χ0) is 31.0. The Morgan fingerprint density at radius 2 is 1.57 bits per heavy atom. The molecule has 0 aliphatic carbocycles. The number of methoxy groups -OCH3 is 1. The van der Waals surface area contributed by atoms with Crippen LogP contribution >= 0.6 is 0 Å². The highest BCUT2D eigenvalue weighted by Crippen LogP contribution is 2.27. The molecule has 2 aliphatic rings. The van der Waals surface area contributed by atoms with Crippen molar-refractivity contribution in [2.75, 3.05) is 71.0 Å². The maximum Gasteiger partial charge on any atom is 0.305 e. The lowest BCUT2D eigenvalue weighted by atomic mass is 10.1. The number of para-hydroxylation sites is 1. The summed E-state index contributed by atoms with van der Waals surface area (Å²) in [5, 5.41) is 8.02. The van der Waals surface area contributed by atoms with Crippen LogP contribution in [0.1, 0.15) is 49.8 Å². The lowest BCUT2D eigenvalue weighted by Gasteiger charge is -2.36. The van der Waals surface area contributed by atoms with Gasteiger partial charge in [-0.3, -0.25) is 19.5 Å². The molecule has 3 aromatic rings. The average Bonchev–Trinajstić information content (AvgIpc) is 3.34. The number of nitrogens with zero attached hydrogens (tertiary/aromatic N) is 4. The van der Waals surface area contributed by atoms with Crippen molar-refractivity contribution in [3.63, 3.8) is 0 Å². The molecule has 0 radical (unpaired) electrons. The van der Waals surface area contributed by atoms with Crippen LogP contribution in [0.15, 0.2) is 54.6 Å². The number of rotatable bonds is 12. The SMILES string of the molecule is COC(=O)CCc1ccc2cccc(N3CCN(CCc4ccc(OCCCN5CCCCCC5)cc4)CC3)c2n1.O=CO. The quantitative estimate of drug-likeness (QED) is 0.173. The third-order valence-corrected chi connectivity index (χ3v) is 8.51. The van der Waals surface area contributed by atoms with Crippen LogP contribution in [-0.2, 0) is 27.2 Å². The normalized spacial score (nSPS) is 16.1. The molecule has 2 aliphatic heterocycles. The number of hydrogen-bond donors (Lipinski definition) is 1. The fourth-order valence-electron chi connectivity index (χ4n) is 5.99. The number of carbonyl (C=O) groups excluding carboxylic acids is 1. The van der Waals surface area contributed by atoms with Crippen molar-refractivity contribution in [3.8, 4) is 5.75 Å². The molecule has 238 valence electrons. The Bertz CT molecular complexity index is 1290. The number of hydrogen-bond acceptors (Lipinski definition) is 8. The van der Waals surface area contributed by atoms with Crippen LogP contribution in [0.4, 0.5) is 5.69 Å². The number of esters is 1. The minimum absolute atomic E-state index is 0.200. The number of likely N-dealkylation sites (tertiary alicyclic amines) is 1. The summed E-state index contributed by atoms with van der Waals surface area (Å²) in [6.07, 6.45) is 8.57. The van der Waals surface area contributed by atoms with Gasteiger partial charge in [0.1, 0.15) is 5.75 Å². The van der Waals surface area contributed by atoms with Crippen LogP contribution in [0.3, 0.4) is 0 Å². The number of aryl methyl sites for hydroxylation is 1. The molecule has 9 heteroatoms. The molecule has 44 heavy (non-hydrogen) atoms. The van der Waals surface area contributed by atoms with E-state index in [1.54, 1.807) is 0 Å². The van der Waals surface area contributed by atoms with Gasteiger partial charge in [0.25, 0.3) is 6.47 Å². The summed E-state index contributed by atoms with van der Waals surface area (Å²) in [7, 11) is 1.43. The zero-order valence-corrected chi connectivity index (χ0v) is 26.2. The van der Waals surface area contributed by atoms with E-state index in [0.717, 1.165) is 81.1 Å². The summed E-state index contributed by atoms with van der Waals surface area (Å²) in [6, 6.07) is 19.2. The second-order valence-electron chi connectivity index (χ2n) is 11.5. The van der Waals surface area contributed by atoms with Gasteiger partial charge >= 0.3 is 5.97 Å². The Morgan fingerprint density at radius 3 is 2.27 bits per heavy atom. The average molecular weight is 605 g/mol. The molecular formula is C35H48N4O5. The summed E-state index contributed by atoms with van der Waals surface area (Å²) >= 11 is 0. The standard InChI is InChI=1S/C34H46N4O3.CH2O2/c1-40-33(39)17-14-30-13-12-29-8-6-9-32(34(29)35-30)38-25-23-37(24-26-38)22-18-28-10-15-31(16-11-28)41-27-7-21-36-19-4-2-3-5-20-36;2-1-3/h6,8-13,15-16H,2-5,7,14,17-27H2,1H3;1H,(H,2,3). The number of piperazine rings is 1. The predicted octanol–water partition coefficient (Wildman–Crippen LogP) is 5.05. The van der Waals surface area contributed by atoms with E-state index in [0.29, 0.717) is 12.8 Å². The van der Waals surface area contributed by atoms with Crippen LogP contribution in [-0.4, -0.2) is 98.4 Å². The number of pyridine rings is 1. The molecule has 2 aromatic carbocycles. The minimum Gasteiger partial charge on any atom is -0.494 e. The van der Waals surface area contributed by atoms with Crippen LogP contribution in [0, 0.1) is 0 Å². The van der Waals surface area contributed by atoms with Gasteiger partial charge in [-0.2, -0.15) is 0 Å². The summed E-state index contributed by atoms with van der Waals surface area (Å²) in [5.41, 5.74) is 4.50. The Morgan fingerprint density at radius 1 is 0.864 bits per heavy atom. The van der Waals surface area contributed by atoms with E-state index >= 15 is 0 Å². The third kappa shape index (κ3) is 10.5. The number of fused-ring (bicyclic) bond motifs is 1. The highest BCUT2D eigenvalue weighted by atomic mass is 16.5. The molecule has 2 fully saturated rings. The lowest BCUT2D eigenvalue weighted by molar-refractivity contribution is -0.140. The van der Waals surface area contributed by atoms with Crippen molar-refractivity contribution in [2.24, 2.45) is 0 Å². The van der Waals surface area contributed by atoms with Crippen LogP contribution in [0.25, 0.3) is 10.9 Å². The molecule has 5 rings (SSSR count). The number of ether oxygens (including phenoxy) is 2. The summed E-state index contributed by atoms with van der Waals surface area (Å²) in [6.45, 7) is 9.31. The predicted molar refractivity (Wildman–Crippen MR) is 175 cm³/mol. The van der Waals surface area contributed by atoms with Gasteiger partial charge in [-0.1, -0.05) is 43.2 Å². The molecule has 0 spiro atoms. The molecule has 0 atom stereocenters. The first-order valence-electron chi connectivity index (χ1n) is 16.0. The first-order chi connectivity index (χ1) is 21.6. The Labute approximate surface area is 261 Å². The number of carboxylic acid groups (broad SMARTS) is 1. The number of anilines is 1. The first kappa shape index (κ1) is 33.2. The van der Waals surface area contributed by atoms with Gasteiger partial charge in [-0.05, 0) is 68.6 Å².